The minimum Gasteiger partial charge on any atom is -0.453 e. The van der Waals surface area contributed by atoms with E-state index in [0.717, 1.165) is 38.5 Å². The number of nitrogens with one attached hydrogen (secondary N) is 6. The predicted molar refractivity (Wildman–Crippen MR) is 267 cm³/mol. The molecule has 5 atom stereocenters. The second-order valence-corrected chi connectivity index (χ2v) is 22.6. The second kappa shape index (κ2) is 28.5. The number of aromatic amines is 1. The number of alkyl carbamates (subject to hydrolysis) is 3. The van der Waals surface area contributed by atoms with E-state index < -0.39 is 23.8 Å². The highest BCUT2D eigenvalue weighted by molar-refractivity contribution is 5.87. The van der Waals surface area contributed by atoms with E-state index in [2.05, 4.69) is 91.9 Å². The van der Waals surface area contributed by atoms with Crippen LogP contribution in [-0.4, -0.2) is 79.8 Å². The van der Waals surface area contributed by atoms with Gasteiger partial charge in [0, 0.05) is 42.9 Å². The van der Waals surface area contributed by atoms with Crippen LogP contribution in [0.2, 0.25) is 0 Å². The van der Waals surface area contributed by atoms with Crippen molar-refractivity contribution >= 4 is 30.3 Å². The average molecular weight is 944 g/mol. The molecule has 67 heavy (non-hydrogen) atoms. The summed E-state index contributed by atoms with van der Waals surface area (Å²) >= 11 is 0. The molecule has 15 nitrogen and oxygen atoms in total. The molecule has 2 fully saturated rings. The second-order valence-electron chi connectivity index (χ2n) is 22.6. The summed E-state index contributed by atoms with van der Waals surface area (Å²) in [5.41, 5.74) is -0.391. The number of unbranched alkanes of at least 4 members (excludes halogenated alkanes) is 12. The Kier molecular flexibility index (Phi) is 24.3. The van der Waals surface area contributed by atoms with Crippen LogP contribution in [0.3, 0.4) is 0 Å². The fourth-order valence-electron chi connectivity index (χ4n) is 11.5. The zero-order valence-corrected chi connectivity index (χ0v) is 43.5. The number of H-pyrrole nitrogens is 1. The maximum Gasteiger partial charge on any atom is 0.407 e. The first kappa shape index (κ1) is 57.3. The third kappa shape index (κ3) is 22.7. The lowest BCUT2D eigenvalue weighted by Crippen LogP contribution is -2.51. The van der Waals surface area contributed by atoms with Crippen LogP contribution in [0.1, 0.15) is 208 Å². The highest BCUT2D eigenvalue weighted by Crippen LogP contribution is 2.47. The van der Waals surface area contributed by atoms with Crippen LogP contribution >= 0.6 is 0 Å². The molecule has 5 unspecified atom stereocenters. The van der Waals surface area contributed by atoms with E-state index in [1.54, 1.807) is 6.92 Å². The lowest BCUT2D eigenvalue weighted by molar-refractivity contribution is 0.0633. The van der Waals surface area contributed by atoms with Gasteiger partial charge in [-0.2, -0.15) is 4.98 Å². The highest BCUT2D eigenvalue weighted by Gasteiger charge is 2.43. The van der Waals surface area contributed by atoms with E-state index >= 15 is 0 Å². The van der Waals surface area contributed by atoms with Crippen molar-refractivity contribution in [2.45, 2.75) is 222 Å². The Morgan fingerprint density at radius 2 is 1.16 bits per heavy atom. The smallest absolute Gasteiger partial charge is 0.407 e. The van der Waals surface area contributed by atoms with E-state index in [4.69, 9.17) is 14.2 Å². The topological polar surface area (TPSA) is 202 Å². The molecule has 2 aliphatic carbocycles. The van der Waals surface area contributed by atoms with Gasteiger partial charge in [-0.3, -0.25) is 10.1 Å². The summed E-state index contributed by atoms with van der Waals surface area (Å²) in [7, 11) is 1.34. The lowest BCUT2D eigenvalue weighted by Gasteiger charge is -2.46. The predicted octanol–water partition coefficient (Wildman–Crippen LogP) is 11.6. The SMILES string of the molecule is CCCCCCCCCCC(CCCCCCCC)COC(=O)NC1CC(C)(C)CC(C)(CNC(=O)Nc2nc(=O)c(CCOC(=O)NCC3(C)CC(NC(=O)OC)CC(C)(C)C3)c(C)[nH]2)C1. The number of hydrogen-bond acceptors (Lipinski definition) is 9. The Labute approximate surface area is 403 Å². The molecule has 0 aliphatic heterocycles. The molecule has 384 valence electrons. The van der Waals surface area contributed by atoms with Gasteiger partial charge in [-0.05, 0) is 85.9 Å². The van der Waals surface area contributed by atoms with Gasteiger partial charge in [0.2, 0.25) is 5.95 Å². The number of carbonyl (C=O) groups excluding carboxylic acids is 4. The molecule has 1 aromatic rings. The van der Waals surface area contributed by atoms with Gasteiger partial charge in [0.25, 0.3) is 5.56 Å². The Hall–Kier alpha value is -4.04. The molecular weight excluding hydrogens is 851 g/mol. The first-order valence-electron chi connectivity index (χ1n) is 26.0. The van der Waals surface area contributed by atoms with Crippen molar-refractivity contribution in [3.8, 4) is 0 Å². The van der Waals surface area contributed by atoms with Crippen LogP contribution in [-0.2, 0) is 20.6 Å². The first-order chi connectivity index (χ1) is 31.7. The van der Waals surface area contributed by atoms with Crippen molar-refractivity contribution in [1.29, 1.82) is 0 Å². The molecule has 2 aliphatic rings. The zero-order valence-electron chi connectivity index (χ0n) is 43.5. The number of urea groups is 1. The summed E-state index contributed by atoms with van der Waals surface area (Å²) in [4.78, 5) is 71.2. The number of amides is 5. The molecule has 0 spiro atoms. The molecule has 15 heteroatoms. The summed E-state index contributed by atoms with van der Waals surface area (Å²) in [6.07, 6.45) is 23.4. The van der Waals surface area contributed by atoms with Crippen molar-refractivity contribution in [2.75, 3.05) is 38.7 Å². The third-order valence-electron chi connectivity index (χ3n) is 14.0. The Balaban J connectivity index is 1.46. The summed E-state index contributed by atoms with van der Waals surface area (Å²) < 4.78 is 16.2. The van der Waals surface area contributed by atoms with Crippen molar-refractivity contribution in [3.63, 3.8) is 0 Å². The maximum atomic E-state index is 13.3. The summed E-state index contributed by atoms with van der Waals surface area (Å²) in [6.45, 7) is 20.2. The van der Waals surface area contributed by atoms with Gasteiger partial charge in [0.05, 0.1) is 20.3 Å². The number of methoxy groups -OCH3 is 1. The molecule has 6 N–H and O–H groups in total. The molecule has 1 aromatic heterocycles. The van der Waals surface area contributed by atoms with Crippen LogP contribution < -0.4 is 32.1 Å². The number of rotatable bonds is 28. The fourth-order valence-corrected chi connectivity index (χ4v) is 11.5. The largest absolute Gasteiger partial charge is 0.453 e. The number of nitrogens with zero attached hydrogens (tertiary/aromatic N) is 1. The van der Waals surface area contributed by atoms with Crippen LogP contribution in [0.5, 0.6) is 0 Å². The lowest BCUT2D eigenvalue weighted by atomic mass is 9.62. The molecule has 0 radical (unpaired) electrons. The van der Waals surface area contributed by atoms with Crippen LogP contribution in [0.15, 0.2) is 4.79 Å². The quantitative estimate of drug-likeness (QED) is 0.0349. The number of anilines is 1. The van der Waals surface area contributed by atoms with E-state index in [9.17, 15) is 24.0 Å². The summed E-state index contributed by atoms with van der Waals surface area (Å²) in [5, 5.41) is 14.6. The zero-order chi connectivity index (χ0) is 49.5. The first-order valence-corrected chi connectivity index (χ1v) is 26.0. The van der Waals surface area contributed by atoms with E-state index in [1.807, 2.05) is 0 Å². The van der Waals surface area contributed by atoms with E-state index in [1.165, 1.54) is 97.0 Å². The molecule has 1 heterocycles. The molecule has 0 saturated heterocycles. The monoisotopic (exact) mass is 944 g/mol. The van der Waals surface area contributed by atoms with Gasteiger partial charge in [-0.1, -0.05) is 145 Å². The van der Waals surface area contributed by atoms with E-state index in [0.29, 0.717) is 49.7 Å². The van der Waals surface area contributed by atoms with Gasteiger partial charge in [-0.15, -0.1) is 0 Å². The number of ether oxygens (including phenoxy) is 3. The molecule has 0 aromatic carbocycles. The van der Waals surface area contributed by atoms with E-state index in [-0.39, 0.29) is 58.8 Å². The highest BCUT2D eigenvalue weighted by atomic mass is 16.6. The molecule has 5 amide bonds. The molecule has 3 rings (SSSR count). The van der Waals surface area contributed by atoms with Crippen molar-refractivity contribution in [2.24, 2.45) is 27.6 Å². The van der Waals surface area contributed by atoms with Crippen LogP contribution in [0, 0.1) is 34.5 Å². The normalized spacial score (nSPS) is 22.5. The minimum atomic E-state index is -0.594. The van der Waals surface area contributed by atoms with Gasteiger partial charge >= 0.3 is 24.3 Å². The number of carbonyl (C=O) groups is 4. The molecular formula is C52H93N7O8. The fraction of sp³-hybridized carbons (Fsp3) is 0.846. The van der Waals surface area contributed by atoms with Crippen molar-refractivity contribution < 1.29 is 33.4 Å². The molecule has 0 bridgehead atoms. The number of aromatic nitrogens is 2. The Bertz CT molecular complexity index is 1740. The summed E-state index contributed by atoms with van der Waals surface area (Å²) in [5.74, 6) is 0.396. The van der Waals surface area contributed by atoms with Gasteiger partial charge in [0.1, 0.15) is 0 Å². The summed E-state index contributed by atoms with van der Waals surface area (Å²) in [6, 6.07) is -0.682. The number of aryl methyl sites for hydroxylation is 1. The Morgan fingerprint density at radius 1 is 0.672 bits per heavy atom. The standard InChI is InChI=1S/C52H93N7O8/c1-11-13-15-17-19-20-22-24-26-39(25-23-21-18-16-14-12-2)33-67-48(64)57-41-30-50(6,7)34-51(8,32-41)36-53-45(61)59-44-55-38(3)42(43(60)58-44)27-28-66-46(62)54-37-52(9)31-40(56-47(63)65-10)29-49(4,5)35-52/h39-41H,11-37H2,1-10H3,(H,54,62)(H,56,63)(H,57,64)(H3,53,55,58,59,60,61). The van der Waals surface area contributed by atoms with Crippen molar-refractivity contribution in [1.82, 2.24) is 31.2 Å². The average Bonchev–Trinajstić information content (AvgIpc) is 3.22. The van der Waals surface area contributed by atoms with Crippen molar-refractivity contribution in [3.05, 3.63) is 21.6 Å². The van der Waals surface area contributed by atoms with Crippen LogP contribution in [0.25, 0.3) is 0 Å². The third-order valence-corrected chi connectivity index (χ3v) is 14.0. The van der Waals surface area contributed by atoms with Gasteiger partial charge < -0.3 is 40.5 Å². The van der Waals surface area contributed by atoms with Crippen LogP contribution in [0.4, 0.5) is 25.1 Å². The minimum absolute atomic E-state index is 0.0136. The maximum absolute atomic E-state index is 13.3. The molecule has 2 saturated carbocycles. The Morgan fingerprint density at radius 3 is 1.67 bits per heavy atom. The van der Waals surface area contributed by atoms with Gasteiger partial charge in [0.15, 0.2) is 0 Å². The number of hydrogen-bond donors (Lipinski definition) is 6. The van der Waals surface area contributed by atoms with Gasteiger partial charge in [-0.25, -0.2) is 19.2 Å².